The molecule has 0 bridgehead atoms. The molecule has 0 aliphatic rings. The first-order valence-electron chi connectivity index (χ1n) is 8.50. The summed E-state index contributed by atoms with van der Waals surface area (Å²) in [7, 11) is 0. The molecule has 0 aliphatic heterocycles. The maximum Gasteiger partial charge on any atom is 0.220 e. The lowest BCUT2D eigenvalue weighted by atomic mass is 10.1. The van der Waals surface area contributed by atoms with E-state index in [1.165, 1.54) is 0 Å². The van der Waals surface area contributed by atoms with Crippen molar-refractivity contribution in [2.45, 2.75) is 38.9 Å². The monoisotopic (exact) mass is 395 g/mol. The van der Waals surface area contributed by atoms with Gasteiger partial charge in [0.05, 0.1) is 22.3 Å². The molecule has 0 saturated heterocycles. The molecule has 1 amide bonds. The van der Waals surface area contributed by atoms with Crippen LogP contribution in [-0.4, -0.2) is 23.7 Å². The number of amides is 1. The number of aliphatic hydroxyl groups is 1. The van der Waals surface area contributed by atoms with Crippen LogP contribution in [0.5, 0.6) is 5.75 Å². The van der Waals surface area contributed by atoms with Crippen LogP contribution in [0.3, 0.4) is 0 Å². The highest BCUT2D eigenvalue weighted by Gasteiger charge is 2.11. The average molecular weight is 396 g/mol. The van der Waals surface area contributed by atoms with Gasteiger partial charge in [-0.15, -0.1) is 0 Å². The summed E-state index contributed by atoms with van der Waals surface area (Å²) in [6.07, 6.45) is 0.126. The second-order valence-electron chi connectivity index (χ2n) is 6.31. The van der Waals surface area contributed by atoms with Crippen LogP contribution >= 0.6 is 23.2 Å². The molecular formula is C20H23Cl2NO3. The van der Waals surface area contributed by atoms with Crippen LogP contribution in [0.1, 0.15) is 37.5 Å². The Morgan fingerprint density at radius 2 is 1.92 bits per heavy atom. The molecule has 2 rings (SSSR count). The van der Waals surface area contributed by atoms with E-state index in [1.807, 2.05) is 32.0 Å². The molecule has 0 aliphatic carbocycles. The number of benzene rings is 2. The van der Waals surface area contributed by atoms with Crippen LogP contribution in [0.15, 0.2) is 42.5 Å². The summed E-state index contributed by atoms with van der Waals surface area (Å²) < 4.78 is 5.62. The lowest BCUT2D eigenvalue weighted by Gasteiger charge is -2.15. The highest BCUT2D eigenvalue weighted by Crippen LogP contribution is 2.23. The van der Waals surface area contributed by atoms with Gasteiger partial charge >= 0.3 is 0 Å². The Labute approximate surface area is 164 Å². The number of aryl methyl sites for hydroxylation is 1. The molecule has 2 aromatic carbocycles. The van der Waals surface area contributed by atoms with Crippen molar-refractivity contribution in [1.29, 1.82) is 0 Å². The number of halogens is 2. The fourth-order valence-electron chi connectivity index (χ4n) is 2.44. The number of nitrogens with one attached hydrogen (secondary N) is 1. The number of aliphatic hydroxyl groups excluding tert-OH is 1. The molecule has 0 spiro atoms. The number of carbonyl (C=O) groups excluding carboxylic acids is 1. The van der Waals surface area contributed by atoms with Gasteiger partial charge in [-0.25, -0.2) is 0 Å². The van der Waals surface area contributed by atoms with Gasteiger partial charge in [-0.3, -0.25) is 4.79 Å². The number of rotatable bonds is 8. The lowest BCUT2D eigenvalue weighted by molar-refractivity contribution is -0.121. The summed E-state index contributed by atoms with van der Waals surface area (Å²) in [5.74, 6) is 0.562. The highest BCUT2D eigenvalue weighted by atomic mass is 35.5. The molecule has 0 saturated carbocycles. The first-order valence-corrected chi connectivity index (χ1v) is 9.26. The molecule has 2 aromatic rings. The maximum atomic E-state index is 12.0. The SMILES string of the molecule is CC(C)Oc1cccc(C(O)CNC(=O)CCc2ccc(Cl)c(Cl)c2)c1. The predicted molar refractivity (Wildman–Crippen MR) is 105 cm³/mol. The smallest absolute Gasteiger partial charge is 0.220 e. The summed E-state index contributed by atoms with van der Waals surface area (Å²) in [6, 6.07) is 12.6. The van der Waals surface area contributed by atoms with Crippen molar-refractivity contribution < 1.29 is 14.6 Å². The van der Waals surface area contributed by atoms with Crippen molar-refractivity contribution in [3.63, 3.8) is 0 Å². The molecule has 4 nitrogen and oxygen atoms in total. The second-order valence-corrected chi connectivity index (χ2v) is 7.12. The number of hydrogen-bond donors (Lipinski definition) is 2. The Bertz CT molecular complexity index is 750. The van der Waals surface area contributed by atoms with Gasteiger partial charge in [-0.2, -0.15) is 0 Å². The molecule has 2 N–H and O–H groups in total. The third kappa shape index (κ3) is 6.52. The topological polar surface area (TPSA) is 58.6 Å². The minimum atomic E-state index is -0.792. The van der Waals surface area contributed by atoms with E-state index < -0.39 is 6.10 Å². The fraction of sp³-hybridized carbons (Fsp3) is 0.350. The first-order chi connectivity index (χ1) is 12.3. The molecular weight excluding hydrogens is 373 g/mol. The second kappa shape index (κ2) is 9.81. The quantitative estimate of drug-likeness (QED) is 0.688. The molecule has 26 heavy (non-hydrogen) atoms. The van der Waals surface area contributed by atoms with E-state index in [2.05, 4.69) is 5.32 Å². The normalized spacial score (nSPS) is 12.1. The van der Waals surface area contributed by atoms with Crippen molar-refractivity contribution in [3.8, 4) is 5.75 Å². The van der Waals surface area contributed by atoms with Crippen LogP contribution in [0.2, 0.25) is 10.0 Å². The molecule has 1 atom stereocenters. The van der Waals surface area contributed by atoms with Gasteiger partial charge in [-0.05, 0) is 55.7 Å². The highest BCUT2D eigenvalue weighted by molar-refractivity contribution is 6.42. The summed E-state index contributed by atoms with van der Waals surface area (Å²) in [4.78, 5) is 12.0. The van der Waals surface area contributed by atoms with Gasteiger partial charge in [0.25, 0.3) is 0 Å². The molecule has 0 radical (unpaired) electrons. The average Bonchev–Trinajstić information content (AvgIpc) is 2.60. The Morgan fingerprint density at radius 1 is 1.15 bits per heavy atom. The Kier molecular flexibility index (Phi) is 7.76. The van der Waals surface area contributed by atoms with Crippen LogP contribution < -0.4 is 10.1 Å². The molecule has 6 heteroatoms. The Hall–Kier alpha value is -1.75. The van der Waals surface area contributed by atoms with Crippen molar-refractivity contribution in [1.82, 2.24) is 5.32 Å². The minimum Gasteiger partial charge on any atom is -0.491 e. The summed E-state index contributed by atoms with van der Waals surface area (Å²) in [5, 5.41) is 14.0. The predicted octanol–water partition coefficient (Wildman–Crippen LogP) is 4.56. The zero-order valence-electron chi connectivity index (χ0n) is 14.8. The first kappa shape index (κ1) is 20.6. The van der Waals surface area contributed by atoms with Crippen LogP contribution in [-0.2, 0) is 11.2 Å². The number of hydrogen-bond acceptors (Lipinski definition) is 3. The van der Waals surface area contributed by atoms with E-state index in [1.54, 1.807) is 24.3 Å². The van der Waals surface area contributed by atoms with E-state index in [4.69, 9.17) is 27.9 Å². The van der Waals surface area contributed by atoms with E-state index >= 15 is 0 Å². The Balaban J connectivity index is 1.81. The summed E-state index contributed by atoms with van der Waals surface area (Å²) in [6.45, 7) is 4.03. The largest absolute Gasteiger partial charge is 0.491 e. The molecule has 0 heterocycles. The van der Waals surface area contributed by atoms with E-state index in [-0.39, 0.29) is 18.6 Å². The summed E-state index contributed by atoms with van der Waals surface area (Å²) >= 11 is 11.8. The van der Waals surface area contributed by atoms with E-state index in [0.29, 0.717) is 34.2 Å². The Morgan fingerprint density at radius 3 is 2.62 bits per heavy atom. The van der Waals surface area contributed by atoms with Gasteiger partial charge in [0.2, 0.25) is 5.91 Å². The number of ether oxygens (including phenoxy) is 1. The zero-order chi connectivity index (χ0) is 19.1. The third-order valence-electron chi connectivity index (χ3n) is 3.73. The number of carbonyl (C=O) groups is 1. The van der Waals surface area contributed by atoms with E-state index in [9.17, 15) is 9.90 Å². The minimum absolute atomic E-state index is 0.0588. The summed E-state index contributed by atoms with van der Waals surface area (Å²) in [5.41, 5.74) is 1.64. The molecule has 0 fully saturated rings. The molecule has 0 aromatic heterocycles. The lowest BCUT2D eigenvalue weighted by Crippen LogP contribution is -2.28. The van der Waals surface area contributed by atoms with Crippen molar-refractivity contribution in [2.75, 3.05) is 6.54 Å². The van der Waals surface area contributed by atoms with Gasteiger partial charge in [-0.1, -0.05) is 41.4 Å². The van der Waals surface area contributed by atoms with Crippen LogP contribution in [0.4, 0.5) is 0 Å². The van der Waals surface area contributed by atoms with Gasteiger partial charge < -0.3 is 15.2 Å². The third-order valence-corrected chi connectivity index (χ3v) is 4.47. The molecule has 1 unspecified atom stereocenters. The van der Waals surface area contributed by atoms with Crippen molar-refractivity contribution in [3.05, 3.63) is 63.6 Å². The molecule has 140 valence electrons. The standard InChI is InChI=1S/C20H23Cl2NO3/c1-13(2)26-16-5-3-4-15(11-16)19(24)12-23-20(25)9-7-14-6-8-17(21)18(22)10-14/h3-6,8,10-11,13,19,24H,7,9,12H2,1-2H3,(H,23,25). The van der Waals surface area contributed by atoms with Crippen molar-refractivity contribution in [2.24, 2.45) is 0 Å². The zero-order valence-corrected chi connectivity index (χ0v) is 16.3. The van der Waals surface area contributed by atoms with E-state index in [0.717, 1.165) is 5.56 Å². The van der Waals surface area contributed by atoms with Crippen molar-refractivity contribution >= 4 is 29.1 Å². The van der Waals surface area contributed by atoms with Gasteiger partial charge in [0.1, 0.15) is 5.75 Å². The van der Waals surface area contributed by atoms with Crippen LogP contribution in [0, 0.1) is 0 Å². The fourth-order valence-corrected chi connectivity index (χ4v) is 2.76. The van der Waals surface area contributed by atoms with Gasteiger partial charge in [0.15, 0.2) is 0 Å². The maximum absolute atomic E-state index is 12.0. The van der Waals surface area contributed by atoms with Gasteiger partial charge in [0, 0.05) is 13.0 Å². The van der Waals surface area contributed by atoms with Crippen LogP contribution in [0.25, 0.3) is 0 Å².